The second-order valence-corrected chi connectivity index (χ2v) is 7.10. The van der Waals surface area contributed by atoms with Crippen molar-refractivity contribution >= 4 is 23.9 Å². The highest BCUT2D eigenvalue weighted by molar-refractivity contribution is 6.12. The number of aryl methyl sites for hydroxylation is 1. The van der Waals surface area contributed by atoms with Crippen LogP contribution >= 0.6 is 0 Å². The minimum Gasteiger partial charge on any atom is -0.490 e. The molecule has 0 amide bonds. The Bertz CT molecular complexity index is 1210. The van der Waals surface area contributed by atoms with Crippen molar-refractivity contribution in [2.24, 2.45) is 4.99 Å². The Balaban J connectivity index is 1.58. The van der Waals surface area contributed by atoms with Gasteiger partial charge in [0.1, 0.15) is 0 Å². The lowest BCUT2D eigenvalue weighted by molar-refractivity contribution is -0.129. The quantitative estimate of drug-likeness (QED) is 0.316. The molecule has 1 aliphatic rings. The van der Waals surface area contributed by atoms with Crippen molar-refractivity contribution in [1.82, 2.24) is 0 Å². The topological polar surface area (TPSA) is 74.2 Å². The van der Waals surface area contributed by atoms with Gasteiger partial charge < -0.3 is 14.2 Å². The summed E-state index contributed by atoms with van der Waals surface area (Å²) in [6, 6.07) is 21.4. The number of rotatable bonds is 6. The lowest BCUT2D eigenvalue weighted by atomic mass is 10.1. The van der Waals surface area contributed by atoms with Crippen molar-refractivity contribution in [1.29, 1.82) is 0 Å². The van der Waals surface area contributed by atoms with Gasteiger partial charge in [0, 0.05) is 5.56 Å². The molecule has 0 radical (unpaired) electrons. The minimum atomic E-state index is -0.531. The largest absolute Gasteiger partial charge is 0.490 e. The zero-order valence-corrected chi connectivity index (χ0v) is 17.7. The van der Waals surface area contributed by atoms with Crippen LogP contribution in [-0.2, 0) is 9.53 Å². The van der Waals surface area contributed by atoms with Gasteiger partial charge in [0.15, 0.2) is 17.2 Å². The average molecular weight is 427 g/mol. The fraction of sp³-hybridized carbons (Fsp3) is 0.115. The molecule has 1 aliphatic heterocycles. The smallest absolute Gasteiger partial charge is 0.363 e. The van der Waals surface area contributed by atoms with Gasteiger partial charge in [-0.3, -0.25) is 0 Å². The van der Waals surface area contributed by atoms with E-state index in [-0.39, 0.29) is 11.6 Å². The molecule has 0 aromatic heterocycles. The van der Waals surface area contributed by atoms with E-state index < -0.39 is 11.9 Å². The van der Waals surface area contributed by atoms with E-state index in [1.165, 1.54) is 0 Å². The molecule has 160 valence electrons. The van der Waals surface area contributed by atoms with Gasteiger partial charge in [-0.2, -0.15) is 0 Å². The molecule has 0 bridgehead atoms. The molecule has 0 spiro atoms. The number of benzene rings is 3. The maximum atomic E-state index is 12.5. The van der Waals surface area contributed by atoms with Gasteiger partial charge in [-0.1, -0.05) is 42.0 Å². The normalized spacial score (nSPS) is 14.1. The van der Waals surface area contributed by atoms with E-state index in [0.29, 0.717) is 29.2 Å². The Morgan fingerprint density at radius 2 is 1.75 bits per heavy atom. The van der Waals surface area contributed by atoms with E-state index in [9.17, 15) is 9.59 Å². The zero-order valence-electron chi connectivity index (χ0n) is 17.7. The number of ether oxygens (including phenoxy) is 3. The van der Waals surface area contributed by atoms with Crippen molar-refractivity contribution in [3.63, 3.8) is 0 Å². The Hall–Kier alpha value is -4.19. The van der Waals surface area contributed by atoms with Gasteiger partial charge in [0.05, 0.1) is 12.2 Å². The Kier molecular flexibility index (Phi) is 6.12. The molecule has 3 aromatic rings. The van der Waals surface area contributed by atoms with Gasteiger partial charge in [0.25, 0.3) is 0 Å². The monoisotopic (exact) mass is 427 g/mol. The van der Waals surface area contributed by atoms with Crippen molar-refractivity contribution in [2.75, 3.05) is 6.61 Å². The van der Waals surface area contributed by atoms with E-state index in [1.807, 2.05) is 56.3 Å². The maximum absolute atomic E-state index is 12.5. The molecular formula is C26H21NO5. The van der Waals surface area contributed by atoms with E-state index >= 15 is 0 Å². The first kappa shape index (κ1) is 21.1. The summed E-state index contributed by atoms with van der Waals surface area (Å²) in [6.07, 6.45) is 1.60. The third-order valence-corrected chi connectivity index (χ3v) is 4.70. The number of cyclic esters (lactones) is 1. The highest BCUT2D eigenvalue weighted by atomic mass is 16.6. The van der Waals surface area contributed by atoms with Gasteiger partial charge in [0.2, 0.25) is 5.90 Å². The molecular weight excluding hydrogens is 406 g/mol. The summed E-state index contributed by atoms with van der Waals surface area (Å²) < 4.78 is 16.5. The Morgan fingerprint density at radius 1 is 1.00 bits per heavy atom. The Morgan fingerprint density at radius 3 is 2.47 bits per heavy atom. The molecule has 6 nitrogen and oxygen atoms in total. The Labute approximate surface area is 185 Å². The van der Waals surface area contributed by atoms with Crippen LogP contribution in [0.25, 0.3) is 6.08 Å². The van der Waals surface area contributed by atoms with Gasteiger partial charge in [-0.25, -0.2) is 14.6 Å². The lowest BCUT2D eigenvalue weighted by Gasteiger charge is -2.11. The average Bonchev–Trinajstić information content (AvgIpc) is 3.17. The van der Waals surface area contributed by atoms with Crippen LogP contribution in [0.2, 0.25) is 0 Å². The lowest BCUT2D eigenvalue weighted by Crippen LogP contribution is -2.09. The fourth-order valence-electron chi connectivity index (χ4n) is 3.09. The number of carbonyl (C=O) groups is 2. The summed E-state index contributed by atoms with van der Waals surface area (Å²) in [5.74, 6) is -0.0660. The standard InChI is InChI=1S/C26H21NO5/c1-3-30-23-16-18(11-14-22(23)31-25(28)20-12-9-17(2)10-13-20)15-21-26(29)32-24(27-21)19-7-5-4-6-8-19/h4-16H,3H2,1-2H3. The SMILES string of the molecule is CCOc1cc(C=C2N=C(c3ccccc3)OC2=O)ccc1OC(=O)c1ccc(C)cc1. The highest BCUT2D eigenvalue weighted by Crippen LogP contribution is 2.31. The first-order valence-electron chi connectivity index (χ1n) is 10.2. The van der Waals surface area contributed by atoms with Gasteiger partial charge in [-0.05, 0) is 61.9 Å². The van der Waals surface area contributed by atoms with E-state index in [4.69, 9.17) is 14.2 Å². The summed E-state index contributed by atoms with van der Waals surface area (Å²) in [5, 5.41) is 0. The van der Waals surface area contributed by atoms with Crippen molar-refractivity contribution in [3.05, 3.63) is 101 Å². The predicted molar refractivity (Wildman–Crippen MR) is 121 cm³/mol. The first-order valence-corrected chi connectivity index (χ1v) is 10.2. The summed E-state index contributed by atoms with van der Waals surface area (Å²) in [5.41, 5.74) is 3.06. The van der Waals surface area contributed by atoms with Crippen LogP contribution < -0.4 is 9.47 Å². The van der Waals surface area contributed by atoms with Gasteiger partial charge in [-0.15, -0.1) is 0 Å². The highest BCUT2D eigenvalue weighted by Gasteiger charge is 2.24. The number of carbonyl (C=O) groups excluding carboxylic acids is 2. The molecule has 3 aromatic carbocycles. The summed E-state index contributed by atoms with van der Waals surface area (Å²) in [6.45, 7) is 4.16. The van der Waals surface area contributed by atoms with Crippen LogP contribution in [0.15, 0.2) is 83.5 Å². The third-order valence-electron chi connectivity index (χ3n) is 4.70. The van der Waals surface area contributed by atoms with Crippen LogP contribution in [0.4, 0.5) is 0 Å². The van der Waals surface area contributed by atoms with Crippen LogP contribution in [0.5, 0.6) is 11.5 Å². The molecule has 0 atom stereocenters. The molecule has 0 unspecified atom stereocenters. The number of esters is 2. The predicted octanol–water partition coefficient (Wildman–Crippen LogP) is 4.96. The number of hydrogen-bond acceptors (Lipinski definition) is 6. The van der Waals surface area contributed by atoms with Crippen LogP contribution in [-0.4, -0.2) is 24.4 Å². The van der Waals surface area contributed by atoms with Crippen LogP contribution in [0.3, 0.4) is 0 Å². The number of aliphatic imine (C=N–C) groups is 1. The first-order chi connectivity index (χ1) is 15.5. The van der Waals surface area contributed by atoms with Crippen molar-refractivity contribution in [3.8, 4) is 11.5 Å². The molecule has 6 heteroatoms. The number of hydrogen-bond donors (Lipinski definition) is 0. The maximum Gasteiger partial charge on any atom is 0.363 e. The van der Waals surface area contributed by atoms with Crippen LogP contribution in [0.1, 0.15) is 34.0 Å². The van der Waals surface area contributed by atoms with Crippen molar-refractivity contribution in [2.45, 2.75) is 13.8 Å². The second-order valence-electron chi connectivity index (χ2n) is 7.10. The molecule has 32 heavy (non-hydrogen) atoms. The second kappa shape index (κ2) is 9.31. The van der Waals surface area contributed by atoms with E-state index in [1.54, 1.807) is 36.4 Å². The third kappa shape index (κ3) is 4.75. The number of nitrogens with zero attached hydrogens (tertiary/aromatic N) is 1. The summed E-state index contributed by atoms with van der Waals surface area (Å²) >= 11 is 0. The molecule has 0 saturated heterocycles. The molecule has 0 N–H and O–H groups in total. The summed E-state index contributed by atoms with van der Waals surface area (Å²) in [7, 11) is 0. The zero-order chi connectivity index (χ0) is 22.5. The van der Waals surface area contributed by atoms with E-state index in [2.05, 4.69) is 4.99 Å². The fourth-order valence-corrected chi connectivity index (χ4v) is 3.09. The van der Waals surface area contributed by atoms with Gasteiger partial charge >= 0.3 is 11.9 Å². The van der Waals surface area contributed by atoms with E-state index in [0.717, 1.165) is 11.1 Å². The minimum absolute atomic E-state index is 0.177. The molecule has 4 rings (SSSR count). The molecule has 0 saturated carbocycles. The van der Waals surface area contributed by atoms with Crippen LogP contribution in [0, 0.1) is 6.92 Å². The van der Waals surface area contributed by atoms with Crippen molar-refractivity contribution < 1.29 is 23.8 Å². The molecule has 1 heterocycles. The molecule has 0 fully saturated rings. The molecule has 0 aliphatic carbocycles. The summed E-state index contributed by atoms with van der Waals surface area (Å²) in [4.78, 5) is 29.1.